The Balaban J connectivity index is 0.556. The molecule has 9 heterocycles. The molecule has 5 saturated carbocycles. The first-order valence-electron chi connectivity index (χ1n) is 39.9. The molecule has 602 valence electrons. The fraction of sp³-hybridized carbons (Fsp3) is 0.352. The zero-order chi connectivity index (χ0) is 80.2. The second-order valence-corrected chi connectivity index (χ2v) is 38.2. The number of aromatic nitrogens is 6. The maximum Gasteiger partial charge on any atom is 0.335 e. The number of fused-ring (bicyclic) bond motifs is 7. The lowest BCUT2D eigenvalue weighted by Crippen LogP contribution is -2.52. The van der Waals surface area contributed by atoms with Crippen LogP contribution < -0.4 is 19.4 Å². The Bertz CT molecular complexity index is 6200. The molecule has 118 heavy (non-hydrogen) atoms. The maximum atomic E-state index is 11.9. The number of hydrogen-bond acceptors (Lipinski definition) is 21. The monoisotopic (exact) mass is 1750 g/mol. The Hall–Kier alpha value is -8.89. The molecule has 2 saturated heterocycles. The molecule has 0 spiro atoms. The van der Waals surface area contributed by atoms with Gasteiger partial charge in [-0.25, -0.2) is 29.3 Å². The molecule has 21 rings (SSSR count). The van der Waals surface area contributed by atoms with Gasteiger partial charge in [-0.1, -0.05) is 144 Å². The average Bonchev–Trinajstić information content (AvgIpc) is 1.55. The number of carboxylic acids is 3. The molecule has 0 amide bonds. The zero-order valence-electron chi connectivity index (χ0n) is 63.0. The van der Waals surface area contributed by atoms with Crippen LogP contribution in [0.1, 0.15) is 158 Å². The van der Waals surface area contributed by atoms with E-state index in [1.54, 1.807) is 72.8 Å². The Kier molecular flexibility index (Phi) is 19.9. The third kappa shape index (κ3) is 14.2. The van der Waals surface area contributed by atoms with Crippen molar-refractivity contribution >= 4 is 168 Å². The summed E-state index contributed by atoms with van der Waals surface area (Å²) in [4.78, 5) is 57.2. The Morgan fingerprint density at radius 3 is 1.56 bits per heavy atom. The van der Waals surface area contributed by atoms with Crippen LogP contribution in [0.15, 0.2) is 129 Å². The lowest BCUT2D eigenvalue weighted by molar-refractivity contribution is -0.0650. The van der Waals surface area contributed by atoms with Gasteiger partial charge in [0.15, 0.2) is 15.4 Å². The van der Waals surface area contributed by atoms with Gasteiger partial charge in [-0.3, -0.25) is 0 Å². The van der Waals surface area contributed by atoms with Crippen molar-refractivity contribution in [3.63, 3.8) is 0 Å². The smallest absolute Gasteiger partial charge is 0.335 e. The number of benzene rings is 7. The first-order chi connectivity index (χ1) is 57.3. The average molecular weight is 1760 g/mol. The van der Waals surface area contributed by atoms with E-state index in [1.807, 2.05) is 30.3 Å². The van der Waals surface area contributed by atoms with E-state index in [9.17, 15) is 29.7 Å². The number of ether oxygens (including phenoxy) is 3. The zero-order valence-corrected chi connectivity index (χ0v) is 70.0. The van der Waals surface area contributed by atoms with E-state index in [0.29, 0.717) is 111 Å². The SMILES string of the molecule is O=C(O)c1ccc2nc(N3CCc4ccc(OCc5c(-c6c(Cl)cccc6Cl)noc5C5CC5C5CC5c5onc(-c6c(Cl)ccc(-c7cc(Cl)c(-c8noc(C9CC9)c8COC8C9CCCC8CN(c8nc%10ccc(C(=O)O)cc%10s8)C9)c(Cl)c7)c6Cl)c5COC5CCC6CN(c7nc8ccc(C(=O)O)cc8s7)CC6C5)cc4C3)sc2c1. The first kappa shape index (κ1) is 76.5. The van der Waals surface area contributed by atoms with Gasteiger partial charge in [0.25, 0.3) is 0 Å². The molecule has 7 aromatic carbocycles. The quantitative estimate of drug-likeness (QED) is 0.0537. The van der Waals surface area contributed by atoms with Crippen molar-refractivity contribution in [3.05, 3.63) is 207 Å². The summed E-state index contributed by atoms with van der Waals surface area (Å²) in [7, 11) is 0. The molecule has 9 unspecified atom stereocenters. The highest BCUT2D eigenvalue weighted by atomic mass is 35.5. The second-order valence-electron chi connectivity index (χ2n) is 32.7. The normalized spacial score (nSPS) is 22.7. The van der Waals surface area contributed by atoms with Crippen molar-refractivity contribution in [3.8, 4) is 50.6 Å². The number of thiazole rings is 3. The molecule has 3 N–H and O–H groups in total. The molecule has 8 aliphatic rings. The number of piperidine rings is 1. The summed E-state index contributed by atoms with van der Waals surface area (Å²) in [5.41, 5.74) is 12.0. The van der Waals surface area contributed by atoms with E-state index in [4.69, 9.17) is 128 Å². The topological polar surface area (TPSA) is 266 Å². The minimum absolute atomic E-state index is 0.0214. The van der Waals surface area contributed by atoms with Gasteiger partial charge in [-0.15, -0.1) is 0 Å². The summed E-state index contributed by atoms with van der Waals surface area (Å²) in [5.74, 6) is 1.70. The lowest BCUT2D eigenvalue weighted by atomic mass is 9.75. The Morgan fingerprint density at radius 2 is 0.983 bits per heavy atom. The minimum Gasteiger partial charge on any atom is -0.489 e. The fourth-order valence-corrected chi connectivity index (χ4v) is 24.2. The summed E-state index contributed by atoms with van der Waals surface area (Å²) in [6, 6.07) is 34.2. The van der Waals surface area contributed by atoms with E-state index < -0.39 is 17.9 Å². The van der Waals surface area contributed by atoms with Gasteiger partial charge in [0.2, 0.25) is 0 Å². The molecule has 21 nitrogen and oxygen atoms in total. The lowest BCUT2D eigenvalue weighted by Gasteiger charge is -2.47. The second kappa shape index (κ2) is 30.7. The predicted octanol–water partition coefficient (Wildman–Crippen LogP) is 22.7. The summed E-state index contributed by atoms with van der Waals surface area (Å²) in [5, 5.41) is 48.3. The minimum atomic E-state index is -0.977. The van der Waals surface area contributed by atoms with E-state index in [-0.39, 0.29) is 90.1 Å². The molecule has 2 bridgehead atoms. The molecule has 5 aliphatic carbocycles. The van der Waals surface area contributed by atoms with Gasteiger partial charge in [0, 0.05) is 102 Å². The van der Waals surface area contributed by atoms with Crippen molar-refractivity contribution in [2.45, 2.75) is 127 Å². The van der Waals surface area contributed by atoms with Crippen molar-refractivity contribution in [1.82, 2.24) is 30.4 Å². The third-order valence-corrected chi connectivity index (χ3v) is 30.7. The number of anilines is 3. The highest BCUT2D eigenvalue weighted by Gasteiger charge is 2.59. The van der Waals surface area contributed by atoms with Crippen LogP contribution >= 0.6 is 104 Å². The summed E-state index contributed by atoms with van der Waals surface area (Å²) in [6.07, 6.45) is 10.00. The summed E-state index contributed by atoms with van der Waals surface area (Å²) < 4.78 is 42.9. The molecule has 0 radical (unpaired) electrons. The van der Waals surface area contributed by atoms with Gasteiger partial charge >= 0.3 is 17.9 Å². The first-order valence-corrected chi connectivity index (χ1v) is 44.6. The summed E-state index contributed by atoms with van der Waals surface area (Å²) >= 11 is 48.7. The molecule has 9 atom stereocenters. The van der Waals surface area contributed by atoms with Gasteiger partial charge in [-0.2, -0.15) is 0 Å². The number of rotatable bonds is 23. The number of halogens is 6. The van der Waals surface area contributed by atoms with E-state index in [2.05, 4.69) is 26.8 Å². The molecule has 6 aromatic heterocycles. The molecule has 3 aliphatic heterocycles. The number of carboxylic acid groups (broad SMARTS) is 3. The maximum absolute atomic E-state index is 11.9. The Morgan fingerprint density at radius 1 is 0.475 bits per heavy atom. The van der Waals surface area contributed by atoms with Gasteiger partial charge in [0.1, 0.15) is 46.7 Å². The fourth-order valence-electron chi connectivity index (χ4n) is 19.2. The molecular weight excluding hydrogens is 1680 g/mol. The number of aromatic carboxylic acids is 3. The highest BCUT2D eigenvalue weighted by molar-refractivity contribution is 7.23. The number of nitrogens with zero attached hydrogens (tertiary/aromatic N) is 9. The van der Waals surface area contributed by atoms with Crippen LogP contribution in [0.2, 0.25) is 30.1 Å². The number of carbonyl (C=O) groups is 3. The van der Waals surface area contributed by atoms with E-state index in [0.717, 1.165) is 177 Å². The van der Waals surface area contributed by atoms with E-state index >= 15 is 0 Å². The van der Waals surface area contributed by atoms with Crippen LogP contribution in [0.25, 0.3) is 75.5 Å². The van der Waals surface area contributed by atoms with Crippen molar-refractivity contribution in [1.29, 1.82) is 0 Å². The van der Waals surface area contributed by atoms with Gasteiger partial charge < -0.3 is 57.8 Å². The largest absolute Gasteiger partial charge is 0.489 e. The van der Waals surface area contributed by atoms with Crippen LogP contribution in [0.4, 0.5) is 15.4 Å². The van der Waals surface area contributed by atoms with Crippen LogP contribution in [0.3, 0.4) is 0 Å². The standard InChI is InChI=1S/C88H73Cl6N9O12S3/c89-61-5-2-6-62(90)72(61)77-59(37-110-51-14-9-40-21-22-101(35-49(40)23-51)86-95-66-18-11-42(83(104)105)27-69(66)116-86)81(114-99-77)56-30-54(56)55-31-57(55)82-60(38-111-52-15-10-45-32-102(36-50(45)24-52)87-96-67-19-12-43(84(106)107)28-70(67)117-87)78(100-115-82)74-63(91)17-16-53(75(74)94)48-25-64(92)73(65(93)26-48)76-58(80(113-98-76)41-7-8-41)39-112-79-46-3-1-4-47(79)34-103(33-46)88-97-68-20-13-44(85(108)109)29-71(68)118-88/h2,5-6,9,11-14,16-20,23,25-29,41,45-47,50,52,54-57,79H,1,3-4,7-8,10,15,21-22,24,30-39H2,(H,104,105)(H,106,107)(H,108,109). The van der Waals surface area contributed by atoms with Crippen molar-refractivity contribution < 1.29 is 57.5 Å². The van der Waals surface area contributed by atoms with Crippen molar-refractivity contribution in [2.24, 2.45) is 35.5 Å². The van der Waals surface area contributed by atoms with Gasteiger partial charge in [-0.05, 0) is 202 Å². The molecule has 30 heteroatoms. The van der Waals surface area contributed by atoms with Crippen LogP contribution in [0, 0.1) is 35.5 Å². The van der Waals surface area contributed by atoms with Gasteiger partial charge in [0.05, 0.1) is 108 Å². The van der Waals surface area contributed by atoms with Crippen LogP contribution in [0.5, 0.6) is 5.75 Å². The number of hydrogen-bond donors (Lipinski definition) is 3. The van der Waals surface area contributed by atoms with Crippen LogP contribution in [-0.2, 0) is 42.3 Å². The molecule has 7 fully saturated rings. The molecular formula is C88H73Cl6N9O12S3. The van der Waals surface area contributed by atoms with E-state index in [1.165, 1.54) is 39.6 Å². The highest BCUT2D eigenvalue weighted by Crippen LogP contribution is 2.67. The predicted molar refractivity (Wildman–Crippen MR) is 457 cm³/mol. The summed E-state index contributed by atoms with van der Waals surface area (Å²) in [6.45, 7) is 5.10. The third-order valence-electron chi connectivity index (χ3n) is 25.6. The Labute approximate surface area is 717 Å². The molecule has 13 aromatic rings. The van der Waals surface area contributed by atoms with Crippen molar-refractivity contribution in [2.75, 3.05) is 47.4 Å². The van der Waals surface area contributed by atoms with Crippen LogP contribution in [-0.4, -0.2) is 109 Å².